The highest BCUT2D eigenvalue weighted by Gasteiger charge is 2.20. The van der Waals surface area contributed by atoms with Crippen LogP contribution in [0.5, 0.6) is 0 Å². The Morgan fingerprint density at radius 1 is 1.25 bits per heavy atom. The number of rotatable bonds is 4. The number of nitrogens with zero attached hydrogens (tertiary/aromatic N) is 3. The highest BCUT2D eigenvalue weighted by Crippen LogP contribution is 2.30. The van der Waals surface area contributed by atoms with Gasteiger partial charge < -0.3 is 5.32 Å². The van der Waals surface area contributed by atoms with E-state index in [1.807, 2.05) is 19.2 Å². The number of benzene rings is 1. The fourth-order valence-electron chi connectivity index (χ4n) is 2.41. The molecule has 1 N–H and O–H groups in total. The summed E-state index contributed by atoms with van der Waals surface area (Å²) in [6.45, 7) is 4.99. The van der Waals surface area contributed by atoms with Gasteiger partial charge in [0.1, 0.15) is 0 Å². The predicted octanol–water partition coefficient (Wildman–Crippen LogP) is 3.09. The van der Waals surface area contributed by atoms with Crippen LogP contribution in [0.15, 0.2) is 36.5 Å². The summed E-state index contributed by atoms with van der Waals surface area (Å²) in [6, 6.07) is 10.4. The van der Waals surface area contributed by atoms with E-state index in [4.69, 9.17) is 0 Å². The quantitative estimate of drug-likeness (QED) is 0.800. The zero-order valence-corrected chi connectivity index (χ0v) is 12.3. The Balaban J connectivity index is 2.17. The molecule has 2 aromatic heterocycles. The van der Waals surface area contributed by atoms with E-state index in [1.165, 1.54) is 17.1 Å². The molecule has 1 unspecified atom stereocenters. The average molecular weight is 284 g/mol. The summed E-state index contributed by atoms with van der Waals surface area (Å²) in [6.07, 6.45) is 1.84. The largest absolute Gasteiger partial charge is 0.306 e. The first-order chi connectivity index (χ1) is 9.81. The van der Waals surface area contributed by atoms with Gasteiger partial charge in [-0.05, 0) is 31.1 Å². The molecule has 4 nitrogen and oxygen atoms in total. The summed E-state index contributed by atoms with van der Waals surface area (Å²) in [5.41, 5.74) is 3.20. The van der Waals surface area contributed by atoms with Crippen LogP contribution in [0.25, 0.3) is 10.9 Å². The molecule has 0 saturated heterocycles. The smallest absolute Gasteiger partial charge is 0.0776 e. The highest BCUT2D eigenvalue weighted by atomic mass is 32.1. The molecule has 1 atom stereocenters. The first-order valence-electron chi connectivity index (χ1n) is 6.67. The number of nitrogens with one attached hydrogen (secondary N) is 1. The van der Waals surface area contributed by atoms with Crippen molar-refractivity contribution in [3.05, 3.63) is 52.7 Å². The summed E-state index contributed by atoms with van der Waals surface area (Å²) < 4.78 is 4.06. The predicted molar refractivity (Wildman–Crippen MR) is 81.9 cm³/mol. The Morgan fingerprint density at radius 2 is 2.10 bits per heavy atom. The van der Waals surface area contributed by atoms with Gasteiger partial charge in [-0.3, -0.25) is 4.98 Å². The second-order valence-electron chi connectivity index (χ2n) is 4.64. The third-order valence-electron chi connectivity index (χ3n) is 3.33. The first-order valence-corrected chi connectivity index (χ1v) is 7.44. The molecular formula is C15H16N4S. The molecule has 102 valence electrons. The third-order valence-corrected chi connectivity index (χ3v) is 4.22. The molecule has 0 radical (unpaired) electrons. The molecule has 0 aliphatic rings. The van der Waals surface area contributed by atoms with Gasteiger partial charge in [0.2, 0.25) is 0 Å². The van der Waals surface area contributed by atoms with E-state index in [2.05, 4.69) is 51.1 Å². The van der Waals surface area contributed by atoms with Crippen molar-refractivity contribution in [3.63, 3.8) is 0 Å². The molecule has 5 heteroatoms. The molecular weight excluding hydrogens is 268 g/mol. The normalized spacial score (nSPS) is 12.7. The molecule has 0 bridgehead atoms. The van der Waals surface area contributed by atoms with Gasteiger partial charge in [0, 0.05) is 17.1 Å². The maximum absolute atomic E-state index is 4.55. The standard InChI is InChI=1S/C15H16N4S/c1-3-16-14(15-10(2)18-19-20-15)12-8-4-6-11-7-5-9-17-13(11)12/h4-9,14,16H,3H2,1-2H3. The van der Waals surface area contributed by atoms with E-state index in [0.717, 1.165) is 28.0 Å². The van der Waals surface area contributed by atoms with Crippen molar-refractivity contribution in [3.8, 4) is 0 Å². The van der Waals surface area contributed by atoms with E-state index >= 15 is 0 Å². The lowest BCUT2D eigenvalue weighted by Crippen LogP contribution is -2.22. The number of hydrogen-bond acceptors (Lipinski definition) is 5. The molecule has 3 rings (SSSR count). The van der Waals surface area contributed by atoms with Gasteiger partial charge in [-0.15, -0.1) is 5.10 Å². The second kappa shape index (κ2) is 5.64. The summed E-state index contributed by atoms with van der Waals surface area (Å²) in [7, 11) is 0. The molecule has 0 amide bonds. The maximum Gasteiger partial charge on any atom is 0.0776 e. The van der Waals surface area contributed by atoms with Crippen LogP contribution in [-0.4, -0.2) is 21.1 Å². The minimum atomic E-state index is 0.0959. The lowest BCUT2D eigenvalue weighted by molar-refractivity contribution is 0.638. The van der Waals surface area contributed by atoms with E-state index in [0.29, 0.717) is 0 Å². The SMILES string of the molecule is CCNC(c1snnc1C)c1cccc2cccnc12. The average Bonchev–Trinajstić information content (AvgIpc) is 2.90. The van der Waals surface area contributed by atoms with Crippen LogP contribution in [0.2, 0.25) is 0 Å². The molecule has 3 aromatic rings. The molecule has 0 fully saturated rings. The van der Waals surface area contributed by atoms with Crippen LogP contribution in [0.4, 0.5) is 0 Å². The zero-order valence-electron chi connectivity index (χ0n) is 11.5. The van der Waals surface area contributed by atoms with Crippen molar-refractivity contribution in [1.29, 1.82) is 0 Å². The van der Waals surface area contributed by atoms with Gasteiger partial charge >= 0.3 is 0 Å². The lowest BCUT2D eigenvalue weighted by Gasteiger charge is -2.18. The lowest BCUT2D eigenvalue weighted by atomic mass is 10.0. The van der Waals surface area contributed by atoms with Crippen LogP contribution in [0, 0.1) is 6.92 Å². The Labute approximate surface area is 122 Å². The van der Waals surface area contributed by atoms with Crippen molar-refractivity contribution >= 4 is 22.4 Å². The Bertz CT molecular complexity index is 717. The summed E-state index contributed by atoms with van der Waals surface area (Å²) in [4.78, 5) is 5.71. The molecule has 0 spiro atoms. The minimum absolute atomic E-state index is 0.0959. The van der Waals surface area contributed by atoms with Gasteiger partial charge in [-0.2, -0.15) is 0 Å². The number of pyridine rings is 1. The highest BCUT2D eigenvalue weighted by molar-refractivity contribution is 7.05. The number of aromatic nitrogens is 3. The van der Waals surface area contributed by atoms with Gasteiger partial charge in [0.05, 0.1) is 22.1 Å². The van der Waals surface area contributed by atoms with Crippen molar-refractivity contribution in [2.75, 3.05) is 6.54 Å². The summed E-state index contributed by atoms with van der Waals surface area (Å²) in [5.74, 6) is 0. The van der Waals surface area contributed by atoms with Crippen LogP contribution < -0.4 is 5.32 Å². The van der Waals surface area contributed by atoms with E-state index in [1.54, 1.807) is 0 Å². The van der Waals surface area contributed by atoms with Gasteiger partial charge in [0.15, 0.2) is 0 Å². The Hall–Kier alpha value is -1.85. The van der Waals surface area contributed by atoms with E-state index in [9.17, 15) is 0 Å². The summed E-state index contributed by atoms with van der Waals surface area (Å²) in [5, 5.41) is 8.81. The van der Waals surface area contributed by atoms with Crippen molar-refractivity contribution in [1.82, 2.24) is 19.9 Å². The van der Waals surface area contributed by atoms with Gasteiger partial charge in [0.25, 0.3) is 0 Å². The van der Waals surface area contributed by atoms with Crippen LogP contribution in [0.3, 0.4) is 0 Å². The van der Waals surface area contributed by atoms with E-state index < -0.39 is 0 Å². The van der Waals surface area contributed by atoms with Crippen LogP contribution in [-0.2, 0) is 0 Å². The van der Waals surface area contributed by atoms with Crippen molar-refractivity contribution < 1.29 is 0 Å². The number of hydrogen-bond donors (Lipinski definition) is 1. The number of aryl methyl sites for hydroxylation is 1. The molecule has 1 aromatic carbocycles. The zero-order chi connectivity index (χ0) is 13.9. The summed E-state index contributed by atoms with van der Waals surface area (Å²) >= 11 is 1.45. The molecule has 2 heterocycles. The van der Waals surface area contributed by atoms with Crippen molar-refractivity contribution in [2.45, 2.75) is 19.9 Å². The Morgan fingerprint density at radius 3 is 2.85 bits per heavy atom. The minimum Gasteiger partial charge on any atom is -0.306 e. The second-order valence-corrected chi connectivity index (χ2v) is 5.42. The third kappa shape index (κ3) is 2.30. The number of fused-ring (bicyclic) bond motifs is 1. The monoisotopic (exact) mass is 284 g/mol. The molecule has 20 heavy (non-hydrogen) atoms. The molecule has 0 aliphatic heterocycles. The van der Waals surface area contributed by atoms with Gasteiger partial charge in [-0.25, -0.2) is 0 Å². The molecule has 0 aliphatic carbocycles. The fourth-order valence-corrected chi connectivity index (χ4v) is 3.15. The van der Waals surface area contributed by atoms with Crippen LogP contribution >= 0.6 is 11.5 Å². The molecule has 0 saturated carbocycles. The fraction of sp³-hybridized carbons (Fsp3) is 0.267. The van der Waals surface area contributed by atoms with Gasteiger partial charge in [-0.1, -0.05) is 35.7 Å². The Kier molecular flexibility index (Phi) is 3.71. The topological polar surface area (TPSA) is 50.7 Å². The van der Waals surface area contributed by atoms with Crippen LogP contribution in [0.1, 0.15) is 29.1 Å². The van der Waals surface area contributed by atoms with E-state index in [-0.39, 0.29) is 6.04 Å². The van der Waals surface area contributed by atoms with Crippen molar-refractivity contribution in [2.24, 2.45) is 0 Å². The first kappa shape index (κ1) is 13.1. The number of para-hydroxylation sites is 1. The maximum atomic E-state index is 4.55.